The Morgan fingerprint density at radius 2 is 2.00 bits per heavy atom. The maximum absolute atomic E-state index is 3.79. The summed E-state index contributed by atoms with van der Waals surface area (Å²) in [4.78, 5) is 0.404. The standard InChI is InChI=1S/C12H23NS/c1-9-7-11(3,4)8-12(9)13-6-5-10(2)14-12/h9-10,13H,5-8H2,1-4H3. The van der Waals surface area contributed by atoms with E-state index in [9.17, 15) is 0 Å². The van der Waals surface area contributed by atoms with Crippen molar-refractivity contribution in [3.63, 3.8) is 0 Å². The molecule has 0 aromatic rings. The smallest absolute Gasteiger partial charge is 0.0679 e. The molecule has 1 heterocycles. The fraction of sp³-hybridized carbons (Fsp3) is 1.00. The second-order valence-corrected chi connectivity index (χ2v) is 7.75. The maximum Gasteiger partial charge on any atom is 0.0679 e. The van der Waals surface area contributed by atoms with Crippen LogP contribution < -0.4 is 5.32 Å². The van der Waals surface area contributed by atoms with Crippen molar-refractivity contribution in [3.8, 4) is 0 Å². The van der Waals surface area contributed by atoms with E-state index in [1.807, 2.05) is 0 Å². The SMILES string of the molecule is CC1CCNC2(CC(C)(C)CC2C)S1. The van der Waals surface area contributed by atoms with E-state index < -0.39 is 0 Å². The van der Waals surface area contributed by atoms with Gasteiger partial charge in [0.25, 0.3) is 0 Å². The van der Waals surface area contributed by atoms with Crippen molar-refractivity contribution in [3.05, 3.63) is 0 Å². The van der Waals surface area contributed by atoms with Crippen molar-refractivity contribution < 1.29 is 0 Å². The minimum atomic E-state index is 0.404. The summed E-state index contributed by atoms with van der Waals surface area (Å²) >= 11 is 2.20. The molecule has 0 radical (unpaired) electrons. The molecule has 82 valence electrons. The molecule has 0 bridgehead atoms. The second-order valence-electron chi connectivity index (χ2n) is 5.98. The van der Waals surface area contributed by atoms with Gasteiger partial charge in [-0.15, -0.1) is 11.8 Å². The molecule has 3 unspecified atom stereocenters. The zero-order valence-corrected chi connectivity index (χ0v) is 10.7. The Balaban J connectivity index is 2.15. The fourth-order valence-electron chi connectivity index (χ4n) is 3.29. The summed E-state index contributed by atoms with van der Waals surface area (Å²) in [5.41, 5.74) is 0.538. The van der Waals surface area contributed by atoms with Crippen LogP contribution in [0.15, 0.2) is 0 Å². The lowest BCUT2D eigenvalue weighted by molar-refractivity contribution is 0.345. The Hall–Kier alpha value is 0.310. The molecule has 1 N–H and O–H groups in total. The topological polar surface area (TPSA) is 12.0 Å². The van der Waals surface area contributed by atoms with Gasteiger partial charge in [0.1, 0.15) is 0 Å². The van der Waals surface area contributed by atoms with Crippen LogP contribution in [-0.4, -0.2) is 16.7 Å². The lowest BCUT2D eigenvalue weighted by Crippen LogP contribution is -2.50. The van der Waals surface area contributed by atoms with Gasteiger partial charge in [0.15, 0.2) is 0 Å². The van der Waals surface area contributed by atoms with Gasteiger partial charge in [-0.3, -0.25) is 0 Å². The van der Waals surface area contributed by atoms with E-state index in [2.05, 4.69) is 44.8 Å². The third kappa shape index (κ3) is 1.83. The molecular formula is C12H23NS. The molecule has 1 saturated carbocycles. The Labute approximate surface area is 92.4 Å². The molecule has 0 aromatic carbocycles. The van der Waals surface area contributed by atoms with Crippen LogP contribution in [0.2, 0.25) is 0 Å². The third-order valence-corrected chi connectivity index (χ3v) is 5.53. The van der Waals surface area contributed by atoms with Crippen LogP contribution in [0.3, 0.4) is 0 Å². The Kier molecular flexibility index (Phi) is 2.64. The average Bonchev–Trinajstić information content (AvgIpc) is 2.20. The molecule has 1 aliphatic carbocycles. The van der Waals surface area contributed by atoms with E-state index in [-0.39, 0.29) is 0 Å². The Morgan fingerprint density at radius 1 is 1.29 bits per heavy atom. The number of hydrogen-bond donors (Lipinski definition) is 1. The van der Waals surface area contributed by atoms with Crippen molar-refractivity contribution in [2.75, 3.05) is 6.54 Å². The van der Waals surface area contributed by atoms with Gasteiger partial charge in [-0.25, -0.2) is 0 Å². The van der Waals surface area contributed by atoms with Gasteiger partial charge in [-0.05, 0) is 37.1 Å². The molecule has 3 atom stereocenters. The van der Waals surface area contributed by atoms with Gasteiger partial charge in [0.2, 0.25) is 0 Å². The summed E-state index contributed by atoms with van der Waals surface area (Å²) in [6.45, 7) is 10.9. The first kappa shape index (κ1) is 10.8. The normalized spacial score (nSPS) is 47.1. The van der Waals surface area contributed by atoms with Crippen LogP contribution >= 0.6 is 11.8 Å². The number of nitrogens with one attached hydrogen (secondary N) is 1. The fourth-order valence-corrected chi connectivity index (χ4v) is 5.22. The first-order chi connectivity index (χ1) is 6.44. The molecule has 1 spiro atoms. The molecule has 2 fully saturated rings. The van der Waals surface area contributed by atoms with E-state index in [1.54, 1.807) is 0 Å². The van der Waals surface area contributed by atoms with Crippen LogP contribution in [0, 0.1) is 11.3 Å². The molecule has 14 heavy (non-hydrogen) atoms. The van der Waals surface area contributed by atoms with E-state index >= 15 is 0 Å². The quantitative estimate of drug-likeness (QED) is 0.663. The molecule has 0 amide bonds. The summed E-state index contributed by atoms with van der Waals surface area (Å²) < 4.78 is 0. The summed E-state index contributed by atoms with van der Waals surface area (Å²) in [5.74, 6) is 0.824. The van der Waals surface area contributed by atoms with Gasteiger partial charge in [-0.1, -0.05) is 27.7 Å². The van der Waals surface area contributed by atoms with Gasteiger partial charge in [0, 0.05) is 5.25 Å². The minimum absolute atomic E-state index is 0.404. The van der Waals surface area contributed by atoms with E-state index in [1.165, 1.54) is 25.8 Å². The third-order valence-electron chi connectivity index (χ3n) is 3.78. The van der Waals surface area contributed by atoms with Gasteiger partial charge in [-0.2, -0.15) is 0 Å². The lowest BCUT2D eigenvalue weighted by Gasteiger charge is -2.41. The zero-order valence-electron chi connectivity index (χ0n) is 9.89. The van der Waals surface area contributed by atoms with Crippen LogP contribution in [0.25, 0.3) is 0 Å². The van der Waals surface area contributed by atoms with Crippen molar-refractivity contribution in [2.24, 2.45) is 11.3 Å². The highest BCUT2D eigenvalue weighted by Gasteiger charge is 2.50. The minimum Gasteiger partial charge on any atom is -0.303 e. The Morgan fingerprint density at radius 3 is 2.50 bits per heavy atom. The number of hydrogen-bond acceptors (Lipinski definition) is 2. The summed E-state index contributed by atoms with van der Waals surface area (Å²) in [7, 11) is 0. The van der Waals surface area contributed by atoms with Crippen molar-refractivity contribution in [1.82, 2.24) is 5.32 Å². The largest absolute Gasteiger partial charge is 0.303 e. The second kappa shape index (κ2) is 3.41. The van der Waals surface area contributed by atoms with Crippen LogP contribution in [0.5, 0.6) is 0 Å². The monoisotopic (exact) mass is 213 g/mol. The van der Waals surface area contributed by atoms with E-state index in [4.69, 9.17) is 0 Å². The van der Waals surface area contributed by atoms with Gasteiger partial charge >= 0.3 is 0 Å². The van der Waals surface area contributed by atoms with Crippen molar-refractivity contribution in [1.29, 1.82) is 0 Å². The van der Waals surface area contributed by atoms with E-state index in [0.717, 1.165) is 11.2 Å². The van der Waals surface area contributed by atoms with Crippen LogP contribution in [-0.2, 0) is 0 Å². The predicted molar refractivity (Wildman–Crippen MR) is 64.6 cm³/mol. The zero-order chi connectivity index (χ0) is 10.4. The van der Waals surface area contributed by atoms with Crippen molar-refractivity contribution in [2.45, 2.75) is 57.1 Å². The Bertz CT molecular complexity index is 226. The van der Waals surface area contributed by atoms with Crippen LogP contribution in [0.4, 0.5) is 0 Å². The van der Waals surface area contributed by atoms with Crippen molar-refractivity contribution >= 4 is 11.8 Å². The molecule has 1 aliphatic heterocycles. The van der Waals surface area contributed by atoms with Gasteiger partial charge in [0.05, 0.1) is 4.87 Å². The number of rotatable bonds is 0. The predicted octanol–water partition coefficient (Wildman–Crippen LogP) is 3.25. The molecule has 0 aromatic heterocycles. The molecule has 2 aliphatic rings. The molecular weight excluding hydrogens is 190 g/mol. The average molecular weight is 213 g/mol. The van der Waals surface area contributed by atoms with Crippen LogP contribution in [0.1, 0.15) is 47.0 Å². The van der Waals surface area contributed by atoms with E-state index in [0.29, 0.717) is 10.3 Å². The molecule has 1 nitrogen and oxygen atoms in total. The van der Waals surface area contributed by atoms with Gasteiger partial charge < -0.3 is 5.32 Å². The first-order valence-electron chi connectivity index (χ1n) is 5.86. The lowest BCUT2D eigenvalue weighted by atomic mass is 9.91. The highest BCUT2D eigenvalue weighted by molar-refractivity contribution is 8.01. The first-order valence-corrected chi connectivity index (χ1v) is 6.74. The highest BCUT2D eigenvalue weighted by atomic mass is 32.2. The molecule has 2 rings (SSSR count). The maximum atomic E-state index is 3.79. The molecule has 2 heteroatoms. The summed E-state index contributed by atoms with van der Waals surface area (Å²) in [6, 6.07) is 0. The molecule has 1 saturated heterocycles. The number of thioether (sulfide) groups is 1. The highest BCUT2D eigenvalue weighted by Crippen LogP contribution is 2.54. The summed E-state index contributed by atoms with van der Waals surface area (Å²) in [5, 5.41) is 4.63. The summed E-state index contributed by atoms with van der Waals surface area (Å²) in [6.07, 6.45) is 4.05.